The highest BCUT2D eigenvalue weighted by Crippen LogP contribution is 2.32. The summed E-state index contributed by atoms with van der Waals surface area (Å²) in [6.45, 7) is -2.10. The molecule has 2 unspecified atom stereocenters. The zero-order valence-corrected chi connectivity index (χ0v) is 16.7. The Morgan fingerprint density at radius 2 is 2.06 bits per heavy atom. The summed E-state index contributed by atoms with van der Waals surface area (Å²) in [5.41, 5.74) is 0.852. The van der Waals surface area contributed by atoms with Gasteiger partial charge in [0.15, 0.2) is 17.5 Å². The lowest BCUT2D eigenvalue weighted by Crippen LogP contribution is -2.51. The molecular formula is C18H15ClF4N6O3. The third-order valence-corrected chi connectivity index (χ3v) is 5.11. The Morgan fingerprint density at radius 1 is 1.31 bits per heavy atom. The first-order valence-corrected chi connectivity index (χ1v) is 9.56. The highest BCUT2D eigenvalue weighted by molar-refractivity contribution is 6.31. The van der Waals surface area contributed by atoms with E-state index in [9.17, 15) is 32.6 Å². The lowest BCUT2D eigenvalue weighted by atomic mass is 10.1. The topological polar surface area (TPSA) is 127 Å². The number of β-amino-alcohol motifs (C(OH)–C–C–N with tert-alkyl or cyclic N) is 1. The molecule has 1 aliphatic rings. The normalized spacial score (nSPS) is 21.3. The van der Waals surface area contributed by atoms with Crippen molar-refractivity contribution in [3.63, 3.8) is 0 Å². The maximum atomic E-state index is 14.6. The summed E-state index contributed by atoms with van der Waals surface area (Å²) in [7, 11) is 0. The molecule has 0 saturated carbocycles. The summed E-state index contributed by atoms with van der Waals surface area (Å²) in [6, 6.07) is -0.123. The molecule has 0 bridgehead atoms. The van der Waals surface area contributed by atoms with Gasteiger partial charge in [-0.05, 0) is 6.07 Å². The molecule has 9 nitrogen and oxygen atoms in total. The standard InChI is InChI=1S/C18H15ClF4N6O3/c19-7-1-8-9(3-25-14(8)24-2-7)15-26-4-10(20)16(28-15)29-5-11(30)13(31)12(29)17(32)27-6-18(21,22)23/h1-4,11-13,30-31H,5-6H2,(H,24,25)(H,27,32)/t11?,12-,13?/m1/s1. The van der Waals surface area contributed by atoms with Crippen LogP contribution in [-0.4, -0.2) is 73.6 Å². The van der Waals surface area contributed by atoms with Crippen molar-refractivity contribution < 1.29 is 32.6 Å². The number of nitrogens with one attached hydrogen (secondary N) is 2. The van der Waals surface area contributed by atoms with Crippen LogP contribution in [0.25, 0.3) is 22.4 Å². The molecule has 3 aromatic heterocycles. The lowest BCUT2D eigenvalue weighted by Gasteiger charge is -2.26. The average Bonchev–Trinajstić information content (AvgIpc) is 3.27. The van der Waals surface area contributed by atoms with E-state index in [4.69, 9.17) is 11.6 Å². The van der Waals surface area contributed by atoms with Gasteiger partial charge in [0.25, 0.3) is 0 Å². The Labute approximate surface area is 182 Å². The second-order valence-corrected chi connectivity index (χ2v) is 7.54. The number of H-pyrrole nitrogens is 1. The molecule has 3 aromatic rings. The quantitative estimate of drug-likeness (QED) is 0.421. The van der Waals surface area contributed by atoms with Crippen molar-refractivity contribution in [2.45, 2.75) is 24.4 Å². The minimum absolute atomic E-state index is 0.00189. The summed E-state index contributed by atoms with van der Waals surface area (Å²) in [6.07, 6.45) is -4.25. The van der Waals surface area contributed by atoms with Crippen LogP contribution in [0.2, 0.25) is 5.02 Å². The Morgan fingerprint density at radius 3 is 2.78 bits per heavy atom. The third kappa shape index (κ3) is 4.18. The molecule has 170 valence electrons. The predicted octanol–water partition coefficient (Wildman–Crippen LogP) is 1.40. The smallest absolute Gasteiger partial charge is 0.388 e. The molecule has 1 saturated heterocycles. The molecule has 0 aromatic carbocycles. The van der Waals surface area contributed by atoms with Gasteiger partial charge in [-0.3, -0.25) is 4.79 Å². The minimum Gasteiger partial charge on any atom is -0.388 e. The van der Waals surface area contributed by atoms with Crippen LogP contribution in [0.3, 0.4) is 0 Å². The van der Waals surface area contributed by atoms with Gasteiger partial charge in [-0.2, -0.15) is 13.2 Å². The Bertz CT molecular complexity index is 1170. The fraction of sp³-hybridized carbons (Fsp3) is 0.333. The molecular weight excluding hydrogens is 460 g/mol. The zero-order valence-electron chi connectivity index (χ0n) is 15.9. The first-order chi connectivity index (χ1) is 15.0. The Hall–Kier alpha value is -3.03. The lowest BCUT2D eigenvalue weighted by molar-refractivity contribution is -0.140. The van der Waals surface area contributed by atoms with Crippen LogP contribution in [0.5, 0.6) is 0 Å². The predicted molar refractivity (Wildman–Crippen MR) is 104 cm³/mol. The number of carbonyl (C=O) groups is 1. The molecule has 4 rings (SSSR count). The van der Waals surface area contributed by atoms with E-state index in [1.165, 1.54) is 12.4 Å². The van der Waals surface area contributed by atoms with Crippen LogP contribution in [0.4, 0.5) is 23.4 Å². The number of pyridine rings is 1. The van der Waals surface area contributed by atoms with Crippen LogP contribution in [0.15, 0.2) is 24.7 Å². The van der Waals surface area contributed by atoms with Crippen molar-refractivity contribution in [3.8, 4) is 11.4 Å². The van der Waals surface area contributed by atoms with Crippen LogP contribution in [0, 0.1) is 5.82 Å². The molecule has 1 amide bonds. The molecule has 4 N–H and O–H groups in total. The van der Waals surface area contributed by atoms with Crippen molar-refractivity contribution in [3.05, 3.63) is 35.5 Å². The molecule has 3 atom stereocenters. The van der Waals surface area contributed by atoms with Crippen LogP contribution in [0.1, 0.15) is 0 Å². The second-order valence-electron chi connectivity index (χ2n) is 7.11. The number of nitrogens with zero attached hydrogens (tertiary/aromatic N) is 4. The van der Waals surface area contributed by atoms with Gasteiger partial charge >= 0.3 is 6.18 Å². The van der Waals surface area contributed by atoms with Gasteiger partial charge in [0.1, 0.15) is 24.3 Å². The monoisotopic (exact) mass is 474 g/mol. The summed E-state index contributed by atoms with van der Waals surface area (Å²) < 4.78 is 52.1. The number of hydrogen-bond donors (Lipinski definition) is 4. The summed E-state index contributed by atoms with van der Waals surface area (Å²) in [4.78, 5) is 28.3. The number of aliphatic hydroxyl groups is 2. The number of anilines is 1. The highest BCUT2D eigenvalue weighted by atomic mass is 35.5. The van der Waals surface area contributed by atoms with E-state index in [-0.39, 0.29) is 5.82 Å². The molecule has 32 heavy (non-hydrogen) atoms. The van der Waals surface area contributed by atoms with Gasteiger partial charge in [0.2, 0.25) is 5.91 Å². The maximum absolute atomic E-state index is 14.6. The first kappa shape index (κ1) is 22.2. The molecule has 14 heteroatoms. The van der Waals surface area contributed by atoms with E-state index in [0.717, 1.165) is 11.1 Å². The van der Waals surface area contributed by atoms with Crippen molar-refractivity contribution in [1.82, 2.24) is 25.3 Å². The van der Waals surface area contributed by atoms with E-state index in [1.807, 2.05) is 0 Å². The van der Waals surface area contributed by atoms with Gasteiger partial charge < -0.3 is 25.4 Å². The number of fused-ring (bicyclic) bond motifs is 1. The molecule has 0 radical (unpaired) electrons. The number of amides is 1. The number of hydrogen-bond acceptors (Lipinski definition) is 7. The number of aliphatic hydroxyl groups excluding tert-OH is 2. The molecule has 0 spiro atoms. The minimum atomic E-state index is -4.69. The number of aromatic nitrogens is 4. The van der Waals surface area contributed by atoms with E-state index in [2.05, 4.69) is 19.9 Å². The molecule has 1 fully saturated rings. The number of alkyl halides is 3. The van der Waals surface area contributed by atoms with Gasteiger partial charge in [-0.15, -0.1) is 0 Å². The van der Waals surface area contributed by atoms with E-state index in [0.29, 0.717) is 21.6 Å². The Balaban J connectivity index is 1.71. The van der Waals surface area contributed by atoms with Gasteiger partial charge in [0.05, 0.1) is 17.3 Å². The number of aromatic amines is 1. The summed E-state index contributed by atoms with van der Waals surface area (Å²) >= 11 is 5.98. The number of halogens is 5. The second kappa shape index (κ2) is 8.15. The Kier molecular flexibility index (Phi) is 5.65. The first-order valence-electron chi connectivity index (χ1n) is 9.18. The van der Waals surface area contributed by atoms with Crippen molar-refractivity contribution in [2.24, 2.45) is 0 Å². The average molecular weight is 475 g/mol. The fourth-order valence-electron chi connectivity index (χ4n) is 3.48. The third-order valence-electron chi connectivity index (χ3n) is 4.91. The van der Waals surface area contributed by atoms with Crippen molar-refractivity contribution in [1.29, 1.82) is 0 Å². The zero-order chi connectivity index (χ0) is 23.2. The number of carbonyl (C=O) groups excluding carboxylic acids is 1. The van der Waals surface area contributed by atoms with Gasteiger partial charge in [0, 0.05) is 29.9 Å². The maximum Gasteiger partial charge on any atom is 0.405 e. The molecule has 1 aliphatic heterocycles. The number of rotatable bonds is 4. The van der Waals surface area contributed by atoms with E-state index in [1.54, 1.807) is 11.4 Å². The van der Waals surface area contributed by atoms with E-state index < -0.39 is 55.1 Å². The van der Waals surface area contributed by atoms with Crippen molar-refractivity contribution in [2.75, 3.05) is 18.0 Å². The van der Waals surface area contributed by atoms with Crippen LogP contribution in [-0.2, 0) is 4.79 Å². The molecule has 4 heterocycles. The van der Waals surface area contributed by atoms with Crippen LogP contribution >= 0.6 is 11.6 Å². The fourth-order valence-corrected chi connectivity index (χ4v) is 3.63. The largest absolute Gasteiger partial charge is 0.405 e. The van der Waals surface area contributed by atoms with Gasteiger partial charge in [-0.25, -0.2) is 19.3 Å². The van der Waals surface area contributed by atoms with Gasteiger partial charge in [-0.1, -0.05) is 11.6 Å². The highest BCUT2D eigenvalue weighted by Gasteiger charge is 2.46. The van der Waals surface area contributed by atoms with Crippen molar-refractivity contribution >= 4 is 34.4 Å². The SMILES string of the molecule is O=C(NCC(F)(F)F)[C@H]1C(O)C(O)CN1c1nc(-c2c[nH]c3ncc(Cl)cc23)ncc1F. The molecule has 0 aliphatic carbocycles. The van der Waals surface area contributed by atoms with Crippen LogP contribution < -0.4 is 10.2 Å². The summed E-state index contributed by atoms with van der Waals surface area (Å²) in [5.74, 6) is -2.71. The van der Waals surface area contributed by atoms with E-state index >= 15 is 0 Å². The summed E-state index contributed by atoms with van der Waals surface area (Å²) in [5, 5.41) is 22.7.